The van der Waals surface area contributed by atoms with Crippen LogP contribution in [-0.2, 0) is 24.4 Å². The first-order valence-electron chi connectivity index (χ1n) is 6.68. The highest BCUT2D eigenvalue weighted by Crippen LogP contribution is 2.06. The second-order valence-electron chi connectivity index (χ2n) is 4.92. The summed E-state index contributed by atoms with van der Waals surface area (Å²) < 4.78 is 0. The molecule has 0 saturated carbocycles. The molecule has 0 aliphatic carbocycles. The van der Waals surface area contributed by atoms with Gasteiger partial charge in [0.05, 0.1) is 13.0 Å². The summed E-state index contributed by atoms with van der Waals surface area (Å²) in [5, 5.41) is 12.0. The zero-order valence-corrected chi connectivity index (χ0v) is 11.6. The SMILES string of the molecule is Cc1cccc(CC(=O)NCc2cccc(CO)c2)c1. The first-order valence-corrected chi connectivity index (χ1v) is 6.68. The van der Waals surface area contributed by atoms with E-state index in [1.165, 1.54) is 0 Å². The van der Waals surface area contributed by atoms with Gasteiger partial charge in [0.25, 0.3) is 0 Å². The summed E-state index contributed by atoms with van der Waals surface area (Å²) in [6.45, 7) is 2.52. The normalized spacial score (nSPS) is 10.3. The highest BCUT2D eigenvalue weighted by molar-refractivity contribution is 5.78. The molecule has 0 aromatic heterocycles. The number of carbonyl (C=O) groups excluding carboxylic acids is 1. The third-order valence-corrected chi connectivity index (χ3v) is 3.11. The number of hydrogen-bond donors (Lipinski definition) is 2. The smallest absolute Gasteiger partial charge is 0.224 e. The van der Waals surface area contributed by atoms with Crippen LogP contribution < -0.4 is 5.32 Å². The summed E-state index contributed by atoms with van der Waals surface area (Å²) in [4.78, 5) is 11.9. The molecule has 3 heteroatoms. The molecular formula is C17H19NO2. The number of hydrogen-bond acceptors (Lipinski definition) is 2. The molecule has 0 aliphatic rings. The molecular weight excluding hydrogens is 250 g/mol. The van der Waals surface area contributed by atoms with Crippen molar-refractivity contribution in [1.29, 1.82) is 0 Å². The Balaban J connectivity index is 1.88. The highest BCUT2D eigenvalue weighted by atomic mass is 16.3. The van der Waals surface area contributed by atoms with E-state index in [1.807, 2.05) is 55.5 Å². The van der Waals surface area contributed by atoms with E-state index >= 15 is 0 Å². The molecule has 2 aromatic rings. The molecule has 2 aromatic carbocycles. The quantitative estimate of drug-likeness (QED) is 0.875. The molecule has 104 valence electrons. The van der Waals surface area contributed by atoms with Gasteiger partial charge in [-0.3, -0.25) is 4.79 Å². The lowest BCUT2D eigenvalue weighted by Gasteiger charge is -2.07. The van der Waals surface area contributed by atoms with E-state index in [-0.39, 0.29) is 12.5 Å². The Bertz CT molecular complexity index is 593. The van der Waals surface area contributed by atoms with Crippen LogP contribution in [-0.4, -0.2) is 11.0 Å². The van der Waals surface area contributed by atoms with E-state index in [1.54, 1.807) is 0 Å². The average molecular weight is 269 g/mol. The van der Waals surface area contributed by atoms with Crippen molar-refractivity contribution in [2.45, 2.75) is 26.5 Å². The van der Waals surface area contributed by atoms with Gasteiger partial charge >= 0.3 is 0 Å². The Morgan fingerprint density at radius 3 is 2.50 bits per heavy atom. The summed E-state index contributed by atoms with van der Waals surface area (Å²) in [5.41, 5.74) is 4.03. The van der Waals surface area contributed by atoms with Gasteiger partial charge in [0.2, 0.25) is 5.91 Å². The predicted octanol–water partition coefficient (Wildman–Crippen LogP) is 2.35. The molecule has 0 bridgehead atoms. The van der Waals surface area contributed by atoms with Crippen molar-refractivity contribution in [1.82, 2.24) is 5.32 Å². The maximum absolute atomic E-state index is 11.9. The third kappa shape index (κ3) is 4.21. The van der Waals surface area contributed by atoms with Crippen molar-refractivity contribution in [3.63, 3.8) is 0 Å². The van der Waals surface area contributed by atoms with E-state index < -0.39 is 0 Å². The fraction of sp³-hybridized carbons (Fsp3) is 0.235. The fourth-order valence-electron chi connectivity index (χ4n) is 2.11. The minimum absolute atomic E-state index is 0.00463. The van der Waals surface area contributed by atoms with Crippen LogP contribution >= 0.6 is 0 Å². The molecule has 2 N–H and O–H groups in total. The van der Waals surface area contributed by atoms with Crippen molar-refractivity contribution < 1.29 is 9.90 Å². The van der Waals surface area contributed by atoms with Crippen LogP contribution in [0.1, 0.15) is 22.3 Å². The molecule has 0 aliphatic heterocycles. The summed E-state index contributed by atoms with van der Waals surface area (Å²) >= 11 is 0. The van der Waals surface area contributed by atoms with E-state index in [2.05, 4.69) is 5.32 Å². The molecule has 2 rings (SSSR count). The Kier molecular flexibility index (Phi) is 4.91. The second kappa shape index (κ2) is 6.87. The van der Waals surface area contributed by atoms with Gasteiger partial charge < -0.3 is 10.4 Å². The summed E-state index contributed by atoms with van der Waals surface area (Å²) in [6.07, 6.45) is 0.390. The number of aryl methyl sites for hydroxylation is 1. The van der Waals surface area contributed by atoms with Crippen LogP contribution in [0, 0.1) is 6.92 Å². The standard InChI is InChI=1S/C17H19NO2/c1-13-4-2-5-14(8-13)10-17(20)18-11-15-6-3-7-16(9-15)12-19/h2-9,19H,10-12H2,1H3,(H,18,20). The Morgan fingerprint density at radius 1 is 1.05 bits per heavy atom. The number of nitrogens with one attached hydrogen (secondary N) is 1. The lowest BCUT2D eigenvalue weighted by atomic mass is 10.1. The van der Waals surface area contributed by atoms with Crippen LogP contribution in [0.2, 0.25) is 0 Å². The van der Waals surface area contributed by atoms with Crippen LogP contribution in [0.25, 0.3) is 0 Å². The number of aliphatic hydroxyl groups is 1. The van der Waals surface area contributed by atoms with Gasteiger partial charge in [-0.25, -0.2) is 0 Å². The lowest BCUT2D eigenvalue weighted by molar-refractivity contribution is -0.120. The monoisotopic (exact) mass is 269 g/mol. The van der Waals surface area contributed by atoms with Crippen LogP contribution in [0.4, 0.5) is 0 Å². The molecule has 20 heavy (non-hydrogen) atoms. The van der Waals surface area contributed by atoms with Crippen molar-refractivity contribution in [3.05, 3.63) is 70.8 Å². The van der Waals surface area contributed by atoms with Crippen molar-refractivity contribution in [2.75, 3.05) is 0 Å². The third-order valence-electron chi connectivity index (χ3n) is 3.11. The van der Waals surface area contributed by atoms with Gasteiger partial charge in [0, 0.05) is 6.54 Å². The molecule has 3 nitrogen and oxygen atoms in total. The number of carbonyl (C=O) groups is 1. The second-order valence-corrected chi connectivity index (χ2v) is 4.92. The summed E-state index contributed by atoms with van der Waals surface area (Å²) in [5.74, 6) is 0.00463. The number of rotatable bonds is 5. The van der Waals surface area contributed by atoms with E-state index in [9.17, 15) is 4.79 Å². The minimum Gasteiger partial charge on any atom is -0.392 e. The average Bonchev–Trinajstić information content (AvgIpc) is 2.45. The topological polar surface area (TPSA) is 49.3 Å². The van der Waals surface area contributed by atoms with Crippen LogP contribution in [0.15, 0.2) is 48.5 Å². The van der Waals surface area contributed by atoms with Gasteiger partial charge in [-0.1, -0.05) is 54.1 Å². The molecule has 0 saturated heterocycles. The van der Waals surface area contributed by atoms with Crippen molar-refractivity contribution >= 4 is 5.91 Å². The van der Waals surface area contributed by atoms with E-state index in [0.717, 1.165) is 22.3 Å². The van der Waals surface area contributed by atoms with E-state index in [4.69, 9.17) is 5.11 Å². The summed E-state index contributed by atoms with van der Waals surface area (Å²) in [7, 11) is 0. The Hall–Kier alpha value is -2.13. The fourth-order valence-corrected chi connectivity index (χ4v) is 2.11. The minimum atomic E-state index is 0.00463. The van der Waals surface area contributed by atoms with Crippen molar-refractivity contribution in [2.24, 2.45) is 0 Å². The van der Waals surface area contributed by atoms with Gasteiger partial charge in [-0.2, -0.15) is 0 Å². The molecule has 0 radical (unpaired) electrons. The maximum Gasteiger partial charge on any atom is 0.224 e. The Labute approximate surface area is 119 Å². The van der Waals surface area contributed by atoms with Crippen LogP contribution in [0.5, 0.6) is 0 Å². The molecule has 0 atom stereocenters. The zero-order chi connectivity index (χ0) is 14.4. The summed E-state index contributed by atoms with van der Waals surface area (Å²) in [6, 6.07) is 15.5. The number of aliphatic hydroxyl groups excluding tert-OH is 1. The molecule has 1 amide bonds. The first-order chi connectivity index (χ1) is 9.67. The number of benzene rings is 2. The highest BCUT2D eigenvalue weighted by Gasteiger charge is 2.03. The molecule has 0 spiro atoms. The van der Waals surface area contributed by atoms with Gasteiger partial charge in [-0.05, 0) is 23.6 Å². The molecule has 0 heterocycles. The first kappa shape index (κ1) is 14.3. The van der Waals surface area contributed by atoms with Crippen LogP contribution in [0.3, 0.4) is 0 Å². The van der Waals surface area contributed by atoms with Gasteiger partial charge in [0.15, 0.2) is 0 Å². The zero-order valence-electron chi connectivity index (χ0n) is 11.6. The van der Waals surface area contributed by atoms with E-state index in [0.29, 0.717) is 13.0 Å². The van der Waals surface area contributed by atoms with Gasteiger partial charge in [0.1, 0.15) is 0 Å². The largest absolute Gasteiger partial charge is 0.392 e. The van der Waals surface area contributed by atoms with Crippen molar-refractivity contribution in [3.8, 4) is 0 Å². The molecule has 0 fully saturated rings. The predicted molar refractivity (Wildman–Crippen MR) is 79.1 cm³/mol. The lowest BCUT2D eigenvalue weighted by Crippen LogP contribution is -2.24. The Morgan fingerprint density at radius 2 is 1.75 bits per heavy atom. The number of amides is 1. The maximum atomic E-state index is 11.9. The molecule has 0 unspecified atom stereocenters. The van der Waals surface area contributed by atoms with Gasteiger partial charge in [-0.15, -0.1) is 0 Å².